The second kappa shape index (κ2) is 6.53. The number of nitrogens with zero attached hydrogens (tertiary/aromatic N) is 1. The van der Waals surface area contributed by atoms with Crippen molar-refractivity contribution >= 4 is 17.5 Å². The Bertz CT molecular complexity index is 633. The highest BCUT2D eigenvalue weighted by Gasteiger charge is 2.41. The van der Waals surface area contributed by atoms with Crippen LogP contribution in [0.2, 0.25) is 5.02 Å². The lowest BCUT2D eigenvalue weighted by Crippen LogP contribution is -2.45. The predicted octanol–water partition coefficient (Wildman–Crippen LogP) is 3.58. The number of hydrogen-bond acceptors (Lipinski definition) is 2. The van der Waals surface area contributed by atoms with Gasteiger partial charge in [0.1, 0.15) is 0 Å². The molecule has 1 aromatic carbocycles. The molecule has 116 valence electrons. The Balaban J connectivity index is 1.83. The number of aromatic nitrogens is 2. The van der Waals surface area contributed by atoms with Crippen LogP contribution in [0.1, 0.15) is 43.4 Å². The van der Waals surface area contributed by atoms with Gasteiger partial charge < -0.3 is 10.3 Å². The molecule has 1 fully saturated rings. The summed E-state index contributed by atoms with van der Waals surface area (Å²) in [4.78, 5) is 19.9. The molecule has 4 nitrogen and oxygen atoms in total. The predicted molar refractivity (Wildman–Crippen MR) is 86.6 cm³/mol. The molecule has 1 aliphatic carbocycles. The normalized spacial score (nSPS) is 17.1. The van der Waals surface area contributed by atoms with Gasteiger partial charge in [0.15, 0.2) is 0 Å². The van der Waals surface area contributed by atoms with Gasteiger partial charge in [0.25, 0.3) is 0 Å². The van der Waals surface area contributed by atoms with E-state index < -0.39 is 5.41 Å². The summed E-state index contributed by atoms with van der Waals surface area (Å²) in [6.07, 6.45) is 8.44. The van der Waals surface area contributed by atoms with Gasteiger partial charge in [-0.3, -0.25) is 4.79 Å². The second-order valence-electron chi connectivity index (χ2n) is 5.91. The molecule has 1 aliphatic rings. The van der Waals surface area contributed by atoms with E-state index >= 15 is 0 Å². The van der Waals surface area contributed by atoms with Crippen molar-refractivity contribution in [3.63, 3.8) is 0 Å². The van der Waals surface area contributed by atoms with E-state index in [1.807, 2.05) is 24.3 Å². The molecule has 1 aromatic heterocycles. The molecule has 1 heterocycles. The quantitative estimate of drug-likeness (QED) is 0.905. The van der Waals surface area contributed by atoms with E-state index in [0.29, 0.717) is 11.6 Å². The molecule has 0 atom stereocenters. The Kier molecular flexibility index (Phi) is 4.48. The third-order valence-electron chi connectivity index (χ3n) is 4.51. The van der Waals surface area contributed by atoms with Gasteiger partial charge in [-0.15, -0.1) is 0 Å². The lowest BCUT2D eigenvalue weighted by atomic mass is 9.68. The monoisotopic (exact) mass is 317 g/mol. The Morgan fingerprint density at radius 2 is 2.14 bits per heavy atom. The van der Waals surface area contributed by atoms with Gasteiger partial charge >= 0.3 is 0 Å². The molecular formula is C17H20ClN3O. The number of H-pyrrole nitrogens is 1. The molecule has 2 N–H and O–H groups in total. The number of carbonyl (C=O) groups excluding carboxylic acids is 1. The summed E-state index contributed by atoms with van der Waals surface area (Å²) in [6.45, 7) is 0.473. The molecule has 22 heavy (non-hydrogen) atoms. The van der Waals surface area contributed by atoms with Crippen LogP contribution in [-0.2, 0) is 16.8 Å². The minimum atomic E-state index is -0.455. The number of carbonyl (C=O) groups is 1. The van der Waals surface area contributed by atoms with Crippen LogP contribution < -0.4 is 5.32 Å². The van der Waals surface area contributed by atoms with E-state index in [9.17, 15) is 4.79 Å². The Morgan fingerprint density at radius 3 is 2.82 bits per heavy atom. The highest BCUT2D eigenvalue weighted by atomic mass is 35.5. The number of imidazole rings is 1. The lowest BCUT2D eigenvalue weighted by molar-refractivity contribution is -0.128. The zero-order chi connectivity index (χ0) is 15.4. The SMILES string of the molecule is O=C(NCc1cnc[nH]1)C1(c2cccc(Cl)c2)CCCCC1. The number of amides is 1. The van der Waals surface area contributed by atoms with Crippen molar-refractivity contribution in [2.45, 2.75) is 44.1 Å². The largest absolute Gasteiger partial charge is 0.350 e. The Morgan fingerprint density at radius 1 is 1.32 bits per heavy atom. The van der Waals surface area contributed by atoms with E-state index in [0.717, 1.165) is 36.9 Å². The summed E-state index contributed by atoms with van der Waals surface area (Å²) >= 11 is 6.14. The maximum Gasteiger partial charge on any atom is 0.230 e. The van der Waals surface area contributed by atoms with Crippen LogP contribution in [0.15, 0.2) is 36.8 Å². The van der Waals surface area contributed by atoms with Gasteiger partial charge in [-0.05, 0) is 30.5 Å². The summed E-state index contributed by atoms with van der Waals surface area (Å²) < 4.78 is 0. The van der Waals surface area contributed by atoms with Crippen molar-refractivity contribution in [3.8, 4) is 0 Å². The lowest BCUT2D eigenvalue weighted by Gasteiger charge is -2.36. The first kappa shape index (κ1) is 15.1. The smallest absolute Gasteiger partial charge is 0.230 e. The van der Waals surface area contributed by atoms with Crippen molar-refractivity contribution in [2.24, 2.45) is 0 Å². The molecule has 0 unspecified atom stereocenters. The average Bonchev–Trinajstić information content (AvgIpc) is 3.06. The highest BCUT2D eigenvalue weighted by molar-refractivity contribution is 6.30. The van der Waals surface area contributed by atoms with Gasteiger partial charge in [0.2, 0.25) is 5.91 Å². The topological polar surface area (TPSA) is 57.8 Å². The summed E-state index contributed by atoms with van der Waals surface area (Å²) in [7, 11) is 0. The Labute approximate surface area is 135 Å². The van der Waals surface area contributed by atoms with Crippen LogP contribution >= 0.6 is 11.6 Å². The zero-order valence-corrected chi connectivity index (χ0v) is 13.2. The Hall–Kier alpha value is -1.81. The van der Waals surface area contributed by atoms with Gasteiger partial charge in [-0.1, -0.05) is 43.0 Å². The molecule has 0 saturated heterocycles. The third-order valence-corrected chi connectivity index (χ3v) is 4.75. The summed E-state index contributed by atoms with van der Waals surface area (Å²) in [5.74, 6) is 0.0871. The van der Waals surface area contributed by atoms with Crippen molar-refractivity contribution in [2.75, 3.05) is 0 Å². The number of aromatic amines is 1. The van der Waals surface area contributed by atoms with Crippen molar-refractivity contribution in [1.82, 2.24) is 15.3 Å². The van der Waals surface area contributed by atoms with Crippen molar-refractivity contribution in [3.05, 3.63) is 53.1 Å². The highest BCUT2D eigenvalue weighted by Crippen LogP contribution is 2.40. The number of hydrogen-bond donors (Lipinski definition) is 2. The standard InChI is InChI=1S/C17H20ClN3O/c18-14-6-4-5-13(9-14)17(7-2-1-3-8-17)16(22)20-11-15-10-19-12-21-15/h4-6,9-10,12H,1-3,7-8,11H2,(H,19,21)(H,20,22). The van der Waals surface area contributed by atoms with Crippen LogP contribution in [0.3, 0.4) is 0 Å². The first-order valence-electron chi connectivity index (χ1n) is 7.72. The number of rotatable bonds is 4. The minimum Gasteiger partial charge on any atom is -0.350 e. The van der Waals surface area contributed by atoms with E-state index in [1.54, 1.807) is 12.5 Å². The third kappa shape index (κ3) is 3.02. The fraction of sp³-hybridized carbons (Fsp3) is 0.412. The van der Waals surface area contributed by atoms with Crippen LogP contribution in [-0.4, -0.2) is 15.9 Å². The van der Waals surface area contributed by atoms with Crippen molar-refractivity contribution in [1.29, 1.82) is 0 Å². The van der Waals surface area contributed by atoms with Crippen molar-refractivity contribution < 1.29 is 4.79 Å². The molecule has 0 spiro atoms. The maximum atomic E-state index is 12.9. The molecule has 1 amide bonds. The van der Waals surface area contributed by atoms with Gasteiger partial charge in [0.05, 0.1) is 24.0 Å². The first-order valence-corrected chi connectivity index (χ1v) is 8.10. The second-order valence-corrected chi connectivity index (χ2v) is 6.35. The summed E-state index contributed by atoms with van der Waals surface area (Å²) in [6, 6.07) is 7.73. The molecule has 1 saturated carbocycles. The van der Waals surface area contributed by atoms with Gasteiger partial charge in [0, 0.05) is 11.2 Å². The molecule has 2 aromatic rings. The maximum absolute atomic E-state index is 12.9. The molecule has 3 rings (SSSR count). The van der Waals surface area contributed by atoms with Crippen LogP contribution in [0.25, 0.3) is 0 Å². The fourth-order valence-corrected chi connectivity index (χ4v) is 3.50. The molecule has 0 bridgehead atoms. The number of halogens is 1. The van der Waals surface area contributed by atoms with Gasteiger partial charge in [-0.25, -0.2) is 4.98 Å². The summed E-state index contributed by atoms with van der Waals surface area (Å²) in [5, 5.41) is 3.74. The number of nitrogens with one attached hydrogen (secondary N) is 2. The molecular weight excluding hydrogens is 298 g/mol. The van der Waals surface area contributed by atoms with Crippen LogP contribution in [0, 0.1) is 0 Å². The van der Waals surface area contributed by atoms with E-state index in [2.05, 4.69) is 15.3 Å². The minimum absolute atomic E-state index is 0.0871. The van der Waals surface area contributed by atoms with Gasteiger partial charge in [-0.2, -0.15) is 0 Å². The molecule has 0 radical (unpaired) electrons. The van der Waals surface area contributed by atoms with Crippen LogP contribution in [0.5, 0.6) is 0 Å². The fourth-order valence-electron chi connectivity index (χ4n) is 3.31. The first-order chi connectivity index (χ1) is 10.7. The molecule has 5 heteroatoms. The van der Waals surface area contributed by atoms with Crippen LogP contribution in [0.4, 0.5) is 0 Å². The number of benzene rings is 1. The average molecular weight is 318 g/mol. The van der Waals surface area contributed by atoms with E-state index in [4.69, 9.17) is 11.6 Å². The summed E-state index contributed by atoms with van der Waals surface area (Å²) in [5.41, 5.74) is 1.48. The van der Waals surface area contributed by atoms with E-state index in [1.165, 1.54) is 6.42 Å². The van der Waals surface area contributed by atoms with E-state index in [-0.39, 0.29) is 5.91 Å². The zero-order valence-electron chi connectivity index (χ0n) is 12.4. The molecule has 0 aliphatic heterocycles.